The summed E-state index contributed by atoms with van der Waals surface area (Å²) in [6, 6.07) is 2.73. The summed E-state index contributed by atoms with van der Waals surface area (Å²) in [6.07, 6.45) is 3.00. The van der Waals surface area contributed by atoms with Gasteiger partial charge in [0, 0.05) is 19.9 Å². The van der Waals surface area contributed by atoms with Crippen LogP contribution in [-0.2, 0) is 9.47 Å². The highest BCUT2D eigenvalue weighted by molar-refractivity contribution is 5.92. The summed E-state index contributed by atoms with van der Waals surface area (Å²) < 4.78 is 25.6. The van der Waals surface area contributed by atoms with E-state index in [0.29, 0.717) is 26.4 Å². The topological polar surface area (TPSA) is 56.1 Å². The van der Waals surface area contributed by atoms with E-state index in [1.807, 2.05) is 0 Å². The molecule has 1 unspecified atom stereocenters. The van der Waals surface area contributed by atoms with Crippen LogP contribution in [0.3, 0.4) is 0 Å². The highest BCUT2D eigenvalue weighted by atomic mass is 19.1. The average Bonchev–Trinajstić information content (AvgIpc) is 2.93. The number of pyridine rings is 1. The Labute approximate surface area is 121 Å². The highest BCUT2D eigenvalue weighted by Crippen LogP contribution is 2.16. The third kappa shape index (κ3) is 2.50. The van der Waals surface area contributed by atoms with Gasteiger partial charge in [0.1, 0.15) is 11.3 Å². The lowest BCUT2D eigenvalue weighted by Crippen LogP contribution is -2.51. The third-order valence-electron chi connectivity index (χ3n) is 3.56. The first-order valence-electron chi connectivity index (χ1n) is 6.71. The molecule has 0 radical (unpaired) electrons. The molecule has 2 aromatic heterocycles. The fourth-order valence-electron chi connectivity index (χ4n) is 2.53. The van der Waals surface area contributed by atoms with E-state index in [2.05, 4.69) is 4.98 Å². The number of nitrogens with zero attached hydrogens (tertiary/aromatic N) is 3. The zero-order valence-electron chi connectivity index (χ0n) is 11.7. The van der Waals surface area contributed by atoms with Crippen LogP contribution in [0.1, 0.15) is 10.6 Å². The summed E-state index contributed by atoms with van der Waals surface area (Å²) in [6.45, 7) is 1.77. The van der Waals surface area contributed by atoms with Gasteiger partial charge in [-0.25, -0.2) is 9.37 Å². The molecule has 0 N–H and O–H groups in total. The van der Waals surface area contributed by atoms with Crippen LogP contribution in [0.4, 0.5) is 4.39 Å². The van der Waals surface area contributed by atoms with Crippen molar-refractivity contribution in [1.29, 1.82) is 0 Å². The van der Waals surface area contributed by atoms with Crippen molar-refractivity contribution in [3.8, 4) is 0 Å². The van der Waals surface area contributed by atoms with Crippen LogP contribution < -0.4 is 0 Å². The molecule has 112 valence electrons. The molecule has 3 rings (SSSR count). The van der Waals surface area contributed by atoms with Crippen LogP contribution in [0, 0.1) is 5.82 Å². The monoisotopic (exact) mass is 293 g/mol. The largest absolute Gasteiger partial charge is 0.382 e. The van der Waals surface area contributed by atoms with Crippen molar-refractivity contribution >= 4 is 11.4 Å². The van der Waals surface area contributed by atoms with Gasteiger partial charge in [0.25, 0.3) is 5.91 Å². The van der Waals surface area contributed by atoms with Gasteiger partial charge < -0.3 is 14.4 Å². The minimum atomic E-state index is -0.403. The number of rotatable bonds is 3. The van der Waals surface area contributed by atoms with Crippen molar-refractivity contribution in [3.05, 3.63) is 36.2 Å². The van der Waals surface area contributed by atoms with Crippen molar-refractivity contribution in [1.82, 2.24) is 14.3 Å². The van der Waals surface area contributed by atoms with Crippen LogP contribution in [0.15, 0.2) is 24.5 Å². The number of morpholine rings is 1. The summed E-state index contributed by atoms with van der Waals surface area (Å²) in [4.78, 5) is 18.4. The molecule has 1 aliphatic rings. The SMILES string of the molecule is COCC1COCCN1C(=O)c1ncc2c(F)cccn12. The van der Waals surface area contributed by atoms with Crippen LogP contribution >= 0.6 is 0 Å². The van der Waals surface area contributed by atoms with Crippen LogP contribution in [0.25, 0.3) is 5.52 Å². The van der Waals surface area contributed by atoms with Crippen molar-refractivity contribution < 1.29 is 18.7 Å². The van der Waals surface area contributed by atoms with Gasteiger partial charge in [-0.1, -0.05) is 0 Å². The second-order valence-corrected chi connectivity index (χ2v) is 4.88. The molecule has 0 spiro atoms. The number of hydrogen-bond donors (Lipinski definition) is 0. The number of aromatic nitrogens is 2. The Morgan fingerprint density at radius 1 is 1.62 bits per heavy atom. The first-order chi connectivity index (χ1) is 10.2. The lowest BCUT2D eigenvalue weighted by atomic mass is 10.2. The van der Waals surface area contributed by atoms with E-state index in [-0.39, 0.29) is 23.3 Å². The number of methoxy groups -OCH3 is 1. The van der Waals surface area contributed by atoms with Gasteiger partial charge in [0.2, 0.25) is 5.82 Å². The molecule has 1 amide bonds. The molecule has 0 saturated carbocycles. The molecule has 1 saturated heterocycles. The van der Waals surface area contributed by atoms with Crippen molar-refractivity contribution in [3.63, 3.8) is 0 Å². The van der Waals surface area contributed by atoms with E-state index < -0.39 is 5.82 Å². The molecule has 1 fully saturated rings. The fourth-order valence-corrected chi connectivity index (χ4v) is 2.53. The number of ether oxygens (including phenoxy) is 2. The Kier molecular flexibility index (Phi) is 3.85. The number of amides is 1. The maximum atomic E-state index is 13.7. The van der Waals surface area contributed by atoms with Crippen molar-refractivity contribution in [2.75, 3.05) is 33.5 Å². The fraction of sp³-hybridized carbons (Fsp3) is 0.429. The molecule has 7 heteroatoms. The number of carbonyl (C=O) groups is 1. The van der Waals surface area contributed by atoms with E-state index in [9.17, 15) is 9.18 Å². The third-order valence-corrected chi connectivity index (χ3v) is 3.56. The standard InChI is InChI=1S/C14H16FN3O3/c1-20-8-10-9-21-6-5-17(10)14(19)13-16-7-12-11(15)3-2-4-18(12)13/h2-4,7,10H,5-6,8-9H2,1H3. The van der Waals surface area contributed by atoms with Gasteiger partial charge in [-0.05, 0) is 12.1 Å². The molecular formula is C14H16FN3O3. The summed E-state index contributed by atoms with van der Waals surface area (Å²) in [5.41, 5.74) is 0.289. The lowest BCUT2D eigenvalue weighted by molar-refractivity contribution is -0.0257. The molecule has 0 aliphatic carbocycles. The first-order valence-corrected chi connectivity index (χ1v) is 6.71. The average molecular weight is 293 g/mol. The van der Waals surface area contributed by atoms with Gasteiger partial charge in [-0.15, -0.1) is 0 Å². The predicted octanol–water partition coefficient (Wildman–Crippen LogP) is 0.961. The Bertz CT molecular complexity index is 656. The molecule has 21 heavy (non-hydrogen) atoms. The molecule has 0 bridgehead atoms. The smallest absolute Gasteiger partial charge is 0.290 e. The van der Waals surface area contributed by atoms with Crippen LogP contribution in [0.5, 0.6) is 0 Å². The van der Waals surface area contributed by atoms with Gasteiger partial charge in [-0.2, -0.15) is 0 Å². The molecule has 0 aromatic carbocycles. The second kappa shape index (κ2) is 5.79. The van der Waals surface area contributed by atoms with E-state index in [4.69, 9.17) is 9.47 Å². The van der Waals surface area contributed by atoms with Crippen LogP contribution in [0.2, 0.25) is 0 Å². The van der Waals surface area contributed by atoms with Gasteiger partial charge >= 0.3 is 0 Å². The van der Waals surface area contributed by atoms with E-state index in [1.165, 1.54) is 16.7 Å². The van der Waals surface area contributed by atoms with E-state index in [1.54, 1.807) is 24.3 Å². The molecule has 1 atom stereocenters. The Morgan fingerprint density at radius 3 is 3.29 bits per heavy atom. The summed E-state index contributed by atoms with van der Waals surface area (Å²) >= 11 is 0. The quantitative estimate of drug-likeness (QED) is 0.846. The van der Waals surface area contributed by atoms with Gasteiger partial charge in [0.15, 0.2) is 0 Å². The number of carbonyl (C=O) groups excluding carboxylic acids is 1. The number of imidazole rings is 1. The molecule has 2 aromatic rings. The lowest BCUT2D eigenvalue weighted by Gasteiger charge is -2.34. The van der Waals surface area contributed by atoms with Crippen molar-refractivity contribution in [2.45, 2.75) is 6.04 Å². The zero-order chi connectivity index (χ0) is 14.8. The molecule has 3 heterocycles. The Hall–Kier alpha value is -1.99. The van der Waals surface area contributed by atoms with Gasteiger partial charge in [0.05, 0.1) is 32.1 Å². The predicted molar refractivity (Wildman–Crippen MR) is 72.7 cm³/mol. The normalized spacial score (nSPS) is 19.1. The van der Waals surface area contributed by atoms with Crippen molar-refractivity contribution in [2.24, 2.45) is 0 Å². The maximum Gasteiger partial charge on any atom is 0.290 e. The number of halogens is 1. The molecule has 6 nitrogen and oxygen atoms in total. The van der Waals surface area contributed by atoms with E-state index in [0.717, 1.165) is 0 Å². The summed E-state index contributed by atoms with van der Waals surface area (Å²) in [7, 11) is 1.58. The Morgan fingerprint density at radius 2 is 2.48 bits per heavy atom. The maximum absolute atomic E-state index is 13.7. The Balaban J connectivity index is 1.94. The highest BCUT2D eigenvalue weighted by Gasteiger charge is 2.30. The minimum Gasteiger partial charge on any atom is -0.382 e. The zero-order valence-corrected chi connectivity index (χ0v) is 11.7. The van der Waals surface area contributed by atoms with E-state index >= 15 is 0 Å². The number of fused-ring (bicyclic) bond motifs is 1. The summed E-state index contributed by atoms with van der Waals surface area (Å²) in [5.74, 6) is -0.446. The minimum absolute atomic E-state index is 0.155. The second-order valence-electron chi connectivity index (χ2n) is 4.88. The number of hydrogen-bond acceptors (Lipinski definition) is 4. The summed E-state index contributed by atoms with van der Waals surface area (Å²) in [5, 5.41) is 0. The molecule has 1 aliphatic heterocycles. The first kappa shape index (κ1) is 14.0. The molecular weight excluding hydrogens is 277 g/mol. The van der Waals surface area contributed by atoms with Gasteiger partial charge in [-0.3, -0.25) is 9.20 Å². The van der Waals surface area contributed by atoms with Crippen LogP contribution in [-0.4, -0.2) is 59.7 Å².